The van der Waals surface area contributed by atoms with Crippen LogP contribution in [-0.2, 0) is 0 Å². The first-order valence-electron chi connectivity index (χ1n) is 8.78. The van der Waals surface area contributed by atoms with Gasteiger partial charge in [-0.15, -0.1) is 0 Å². The molecule has 0 aliphatic carbocycles. The number of halogens is 1. The van der Waals surface area contributed by atoms with Crippen molar-refractivity contribution in [2.75, 3.05) is 37.6 Å². The molecule has 0 amide bonds. The largest absolute Gasteiger partial charge is 0.369 e. The number of carbonyl (C=O) groups excluding carboxylic acids is 1. The molecule has 0 saturated carbocycles. The van der Waals surface area contributed by atoms with E-state index in [0.717, 1.165) is 48.0 Å². The van der Waals surface area contributed by atoms with E-state index in [4.69, 9.17) is 11.6 Å². The fourth-order valence-electron chi connectivity index (χ4n) is 3.39. The van der Waals surface area contributed by atoms with Gasteiger partial charge in [0, 0.05) is 42.5 Å². The molecule has 0 spiro atoms. The van der Waals surface area contributed by atoms with Gasteiger partial charge < -0.3 is 4.90 Å². The zero-order chi connectivity index (χ0) is 18.0. The lowest BCUT2D eigenvalue weighted by atomic mass is 9.98. The molecule has 3 nitrogen and oxygen atoms in total. The van der Waals surface area contributed by atoms with Crippen LogP contribution in [0.1, 0.15) is 27.0 Å². The number of Topliss-reactive ketones (excluding diaryl/α,β-unsaturated/α-hetero) is 1. The first-order valence-corrected chi connectivity index (χ1v) is 9.16. The number of ketones is 1. The molecule has 132 valence electrons. The second-order valence-corrected chi connectivity index (χ2v) is 7.35. The van der Waals surface area contributed by atoms with E-state index in [1.807, 2.05) is 31.2 Å². The lowest BCUT2D eigenvalue weighted by molar-refractivity contribution is 0.0925. The highest BCUT2D eigenvalue weighted by atomic mass is 35.5. The fraction of sp³-hybridized carbons (Fsp3) is 0.381. The molecule has 2 aromatic rings. The van der Waals surface area contributed by atoms with Gasteiger partial charge >= 0.3 is 0 Å². The van der Waals surface area contributed by atoms with Crippen molar-refractivity contribution in [1.82, 2.24) is 4.90 Å². The van der Waals surface area contributed by atoms with E-state index in [1.165, 1.54) is 11.1 Å². The quantitative estimate of drug-likeness (QED) is 0.764. The summed E-state index contributed by atoms with van der Waals surface area (Å²) in [7, 11) is 0. The number of hydrogen-bond donors (Lipinski definition) is 0. The Labute approximate surface area is 155 Å². The number of rotatable bonds is 4. The summed E-state index contributed by atoms with van der Waals surface area (Å²) in [6, 6.07) is 12.1. The highest BCUT2D eigenvalue weighted by Crippen LogP contribution is 2.21. The fourth-order valence-corrected chi connectivity index (χ4v) is 3.57. The molecule has 1 saturated heterocycles. The van der Waals surface area contributed by atoms with Crippen LogP contribution in [0.25, 0.3) is 0 Å². The average Bonchev–Trinajstić information content (AvgIpc) is 2.58. The Morgan fingerprint density at radius 2 is 1.64 bits per heavy atom. The van der Waals surface area contributed by atoms with E-state index in [2.05, 4.69) is 35.8 Å². The standard InChI is InChI=1S/C21H25ClN2O/c1-15-11-17(3)20(12-16(15)2)21(25)14-23-7-9-24(10-8-23)19-6-4-5-18(22)13-19/h4-6,11-13H,7-10,14H2,1-3H3. The SMILES string of the molecule is Cc1cc(C)c(C(=O)CN2CCN(c3cccc(Cl)c3)CC2)cc1C. The summed E-state index contributed by atoms with van der Waals surface area (Å²) < 4.78 is 0. The van der Waals surface area contributed by atoms with Gasteiger partial charge in [-0.05, 0) is 61.7 Å². The molecule has 0 N–H and O–H groups in total. The topological polar surface area (TPSA) is 23.6 Å². The molecule has 4 heteroatoms. The Hall–Kier alpha value is -1.84. The van der Waals surface area contributed by atoms with Gasteiger partial charge in [0.1, 0.15) is 0 Å². The van der Waals surface area contributed by atoms with Crippen LogP contribution in [0.2, 0.25) is 5.02 Å². The summed E-state index contributed by atoms with van der Waals surface area (Å²) in [6.07, 6.45) is 0. The number of piperazine rings is 1. The van der Waals surface area contributed by atoms with Crippen LogP contribution in [-0.4, -0.2) is 43.4 Å². The number of carbonyl (C=O) groups is 1. The van der Waals surface area contributed by atoms with E-state index >= 15 is 0 Å². The first kappa shape index (κ1) is 18.0. The minimum Gasteiger partial charge on any atom is -0.369 e. The molecular weight excluding hydrogens is 332 g/mol. The number of hydrogen-bond acceptors (Lipinski definition) is 3. The molecule has 1 fully saturated rings. The molecule has 2 aromatic carbocycles. The van der Waals surface area contributed by atoms with Gasteiger partial charge in [0.15, 0.2) is 5.78 Å². The van der Waals surface area contributed by atoms with Crippen molar-refractivity contribution in [2.45, 2.75) is 20.8 Å². The summed E-state index contributed by atoms with van der Waals surface area (Å²) in [5.74, 6) is 0.219. The molecular formula is C21H25ClN2O. The van der Waals surface area contributed by atoms with Gasteiger partial charge in [-0.25, -0.2) is 0 Å². The second kappa shape index (κ2) is 7.59. The molecule has 1 aliphatic heterocycles. The monoisotopic (exact) mass is 356 g/mol. The molecule has 3 rings (SSSR count). The van der Waals surface area contributed by atoms with Crippen molar-refractivity contribution >= 4 is 23.1 Å². The lowest BCUT2D eigenvalue weighted by Gasteiger charge is -2.35. The number of anilines is 1. The minimum atomic E-state index is 0.219. The molecule has 0 bridgehead atoms. The van der Waals surface area contributed by atoms with Crippen molar-refractivity contribution < 1.29 is 4.79 Å². The number of aryl methyl sites for hydroxylation is 3. The maximum atomic E-state index is 12.7. The van der Waals surface area contributed by atoms with Crippen LogP contribution in [0, 0.1) is 20.8 Å². The van der Waals surface area contributed by atoms with Crippen LogP contribution in [0.5, 0.6) is 0 Å². The van der Waals surface area contributed by atoms with Crippen LogP contribution in [0.3, 0.4) is 0 Å². The predicted molar refractivity (Wildman–Crippen MR) is 105 cm³/mol. The predicted octanol–water partition coefficient (Wildman–Crippen LogP) is 4.27. The Morgan fingerprint density at radius 3 is 2.32 bits per heavy atom. The molecule has 0 aromatic heterocycles. The molecule has 25 heavy (non-hydrogen) atoms. The van der Waals surface area contributed by atoms with E-state index in [9.17, 15) is 4.79 Å². The van der Waals surface area contributed by atoms with Crippen molar-refractivity contribution in [3.05, 3.63) is 63.7 Å². The maximum Gasteiger partial charge on any atom is 0.177 e. The summed E-state index contributed by atoms with van der Waals surface area (Å²) in [5.41, 5.74) is 5.51. The Kier molecular flexibility index (Phi) is 5.45. The zero-order valence-electron chi connectivity index (χ0n) is 15.2. The van der Waals surface area contributed by atoms with Gasteiger partial charge in [-0.2, -0.15) is 0 Å². The molecule has 0 radical (unpaired) electrons. The summed E-state index contributed by atoms with van der Waals surface area (Å²) in [6.45, 7) is 10.3. The minimum absolute atomic E-state index is 0.219. The van der Waals surface area contributed by atoms with Crippen molar-refractivity contribution in [3.8, 4) is 0 Å². The third-order valence-corrected chi connectivity index (χ3v) is 5.29. The van der Waals surface area contributed by atoms with Crippen molar-refractivity contribution in [3.63, 3.8) is 0 Å². The van der Waals surface area contributed by atoms with E-state index < -0.39 is 0 Å². The highest BCUT2D eigenvalue weighted by molar-refractivity contribution is 6.30. The van der Waals surface area contributed by atoms with Crippen LogP contribution >= 0.6 is 11.6 Å². The molecule has 0 unspecified atom stereocenters. The number of nitrogens with zero attached hydrogens (tertiary/aromatic N) is 2. The lowest BCUT2D eigenvalue weighted by Crippen LogP contribution is -2.48. The Balaban J connectivity index is 1.61. The molecule has 1 heterocycles. The maximum absolute atomic E-state index is 12.7. The van der Waals surface area contributed by atoms with Crippen molar-refractivity contribution in [1.29, 1.82) is 0 Å². The molecule has 1 aliphatic rings. The van der Waals surface area contributed by atoms with E-state index in [0.29, 0.717) is 6.54 Å². The second-order valence-electron chi connectivity index (χ2n) is 6.92. The third kappa shape index (κ3) is 4.23. The van der Waals surface area contributed by atoms with Crippen molar-refractivity contribution in [2.24, 2.45) is 0 Å². The van der Waals surface area contributed by atoms with Gasteiger partial charge in [-0.1, -0.05) is 23.7 Å². The summed E-state index contributed by atoms with van der Waals surface area (Å²) >= 11 is 6.09. The van der Waals surface area contributed by atoms with Gasteiger partial charge in [-0.3, -0.25) is 9.69 Å². The smallest absolute Gasteiger partial charge is 0.177 e. The number of benzene rings is 2. The van der Waals surface area contributed by atoms with E-state index in [-0.39, 0.29) is 5.78 Å². The normalized spacial score (nSPS) is 15.4. The first-order chi connectivity index (χ1) is 11.9. The summed E-state index contributed by atoms with van der Waals surface area (Å²) in [4.78, 5) is 17.3. The zero-order valence-corrected chi connectivity index (χ0v) is 15.9. The highest BCUT2D eigenvalue weighted by Gasteiger charge is 2.21. The van der Waals surface area contributed by atoms with Crippen LogP contribution in [0.4, 0.5) is 5.69 Å². The summed E-state index contributed by atoms with van der Waals surface area (Å²) in [5, 5.41) is 0.764. The third-order valence-electron chi connectivity index (χ3n) is 5.05. The van der Waals surface area contributed by atoms with Gasteiger partial charge in [0.2, 0.25) is 0 Å². The van der Waals surface area contributed by atoms with Crippen LogP contribution < -0.4 is 4.90 Å². The van der Waals surface area contributed by atoms with Gasteiger partial charge in [0.25, 0.3) is 0 Å². The Bertz CT molecular complexity index is 779. The van der Waals surface area contributed by atoms with Crippen LogP contribution in [0.15, 0.2) is 36.4 Å². The Morgan fingerprint density at radius 1 is 0.960 bits per heavy atom. The van der Waals surface area contributed by atoms with E-state index in [1.54, 1.807) is 0 Å². The van der Waals surface area contributed by atoms with Gasteiger partial charge in [0.05, 0.1) is 6.54 Å². The average molecular weight is 357 g/mol. The molecule has 0 atom stereocenters.